The Morgan fingerprint density at radius 2 is 1.92 bits per heavy atom. The first-order chi connectivity index (χ1) is 11.5. The molecule has 2 N–H and O–H groups in total. The first-order valence-corrected chi connectivity index (χ1v) is 7.62. The summed E-state index contributed by atoms with van der Waals surface area (Å²) < 4.78 is 0. The van der Waals surface area contributed by atoms with Crippen molar-refractivity contribution in [1.82, 2.24) is 10.3 Å². The number of anilines is 1. The van der Waals surface area contributed by atoms with Crippen molar-refractivity contribution in [2.24, 2.45) is 0 Å². The summed E-state index contributed by atoms with van der Waals surface area (Å²) in [6.07, 6.45) is 2.25. The number of nitrogens with one attached hydrogen (secondary N) is 2. The fourth-order valence-electron chi connectivity index (χ4n) is 1.93. The molecular formula is C18H18N4O2. The number of pyridine rings is 1. The van der Waals surface area contributed by atoms with Gasteiger partial charge in [0.25, 0.3) is 11.8 Å². The van der Waals surface area contributed by atoms with Gasteiger partial charge in [-0.2, -0.15) is 5.26 Å². The van der Waals surface area contributed by atoms with E-state index in [0.29, 0.717) is 16.8 Å². The van der Waals surface area contributed by atoms with Crippen molar-refractivity contribution >= 4 is 17.5 Å². The molecule has 0 spiro atoms. The largest absolute Gasteiger partial charge is 0.350 e. The number of nitriles is 1. The van der Waals surface area contributed by atoms with Gasteiger partial charge in [-0.25, -0.2) is 0 Å². The summed E-state index contributed by atoms with van der Waals surface area (Å²) in [5.41, 5.74) is 1.59. The number of hydrogen-bond acceptors (Lipinski definition) is 4. The molecule has 1 aromatic heterocycles. The summed E-state index contributed by atoms with van der Waals surface area (Å²) in [5, 5.41) is 14.3. The molecule has 0 radical (unpaired) electrons. The molecule has 1 unspecified atom stereocenters. The molecule has 0 bridgehead atoms. The summed E-state index contributed by atoms with van der Waals surface area (Å²) in [4.78, 5) is 28.4. The first-order valence-electron chi connectivity index (χ1n) is 7.62. The van der Waals surface area contributed by atoms with Crippen LogP contribution in [0, 0.1) is 11.3 Å². The molecule has 6 heteroatoms. The lowest BCUT2D eigenvalue weighted by Gasteiger charge is -2.11. The molecule has 122 valence electrons. The Kier molecular flexibility index (Phi) is 5.63. The normalized spacial score (nSPS) is 11.2. The molecule has 24 heavy (non-hydrogen) atoms. The van der Waals surface area contributed by atoms with Crippen LogP contribution in [0.1, 0.15) is 46.7 Å². The van der Waals surface area contributed by atoms with E-state index in [0.717, 1.165) is 6.42 Å². The van der Waals surface area contributed by atoms with Crippen LogP contribution in [0.3, 0.4) is 0 Å². The van der Waals surface area contributed by atoms with Gasteiger partial charge in [-0.05, 0) is 49.7 Å². The van der Waals surface area contributed by atoms with E-state index in [1.165, 1.54) is 12.3 Å². The molecule has 2 rings (SSSR count). The van der Waals surface area contributed by atoms with Gasteiger partial charge in [0.05, 0.1) is 11.6 Å². The van der Waals surface area contributed by atoms with E-state index in [-0.39, 0.29) is 17.6 Å². The Labute approximate surface area is 140 Å². The van der Waals surface area contributed by atoms with Crippen LogP contribution in [-0.2, 0) is 0 Å². The van der Waals surface area contributed by atoms with Gasteiger partial charge in [-0.1, -0.05) is 6.92 Å². The molecule has 2 aromatic rings. The fraction of sp³-hybridized carbons (Fsp3) is 0.222. The summed E-state index contributed by atoms with van der Waals surface area (Å²) in [7, 11) is 0. The van der Waals surface area contributed by atoms with Gasteiger partial charge < -0.3 is 10.6 Å². The van der Waals surface area contributed by atoms with Crippen LogP contribution < -0.4 is 10.6 Å². The molecule has 0 aliphatic heterocycles. The molecule has 0 saturated heterocycles. The van der Waals surface area contributed by atoms with E-state index in [4.69, 9.17) is 5.26 Å². The Morgan fingerprint density at radius 1 is 1.21 bits per heavy atom. The molecule has 1 atom stereocenters. The lowest BCUT2D eigenvalue weighted by Crippen LogP contribution is -2.32. The van der Waals surface area contributed by atoms with E-state index in [1.54, 1.807) is 30.3 Å². The highest BCUT2D eigenvalue weighted by Gasteiger charge is 2.13. The predicted octanol–water partition coefficient (Wildman–Crippen LogP) is 2.73. The van der Waals surface area contributed by atoms with Gasteiger partial charge in [0, 0.05) is 23.5 Å². The van der Waals surface area contributed by atoms with Crippen LogP contribution in [0.25, 0.3) is 0 Å². The van der Waals surface area contributed by atoms with Gasteiger partial charge in [-0.3, -0.25) is 14.6 Å². The van der Waals surface area contributed by atoms with Crippen molar-refractivity contribution in [3.63, 3.8) is 0 Å². The van der Waals surface area contributed by atoms with Crippen molar-refractivity contribution in [2.75, 3.05) is 5.32 Å². The van der Waals surface area contributed by atoms with Crippen molar-refractivity contribution in [3.8, 4) is 6.07 Å². The summed E-state index contributed by atoms with van der Waals surface area (Å²) in [6, 6.07) is 11.6. The number of nitrogens with zero attached hydrogens (tertiary/aromatic N) is 2. The zero-order valence-electron chi connectivity index (χ0n) is 13.5. The summed E-state index contributed by atoms with van der Waals surface area (Å²) >= 11 is 0. The highest BCUT2D eigenvalue weighted by molar-refractivity contribution is 6.04. The number of carbonyl (C=O) groups excluding carboxylic acids is 2. The van der Waals surface area contributed by atoms with E-state index in [1.807, 2.05) is 19.9 Å². The topological polar surface area (TPSA) is 94.9 Å². The average molecular weight is 322 g/mol. The van der Waals surface area contributed by atoms with Gasteiger partial charge in [0.1, 0.15) is 5.69 Å². The number of aromatic nitrogens is 1. The lowest BCUT2D eigenvalue weighted by molar-refractivity contribution is 0.0939. The molecule has 1 aromatic carbocycles. The van der Waals surface area contributed by atoms with E-state index in [9.17, 15) is 9.59 Å². The predicted molar refractivity (Wildman–Crippen MR) is 90.6 cm³/mol. The zero-order chi connectivity index (χ0) is 17.5. The van der Waals surface area contributed by atoms with Crippen molar-refractivity contribution < 1.29 is 9.59 Å². The van der Waals surface area contributed by atoms with Gasteiger partial charge in [-0.15, -0.1) is 0 Å². The molecule has 0 saturated carbocycles. The molecule has 0 aliphatic rings. The second kappa shape index (κ2) is 7.88. The molecule has 2 amide bonds. The summed E-state index contributed by atoms with van der Waals surface area (Å²) in [6.45, 7) is 3.89. The Balaban J connectivity index is 2.10. The summed E-state index contributed by atoms with van der Waals surface area (Å²) in [5.74, 6) is -0.655. The third kappa shape index (κ3) is 4.40. The van der Waals surface area contributed by atoms with Gasteiger partial charge in [0.2, 0.25) is 0 Å². The number of carbonyl (C=O) groups is 2. The van der Waals surface area contributed by atoms with Crippen molar-refractivity contribution in [2.45, 2.75) is 26.3 Å². The average Bonchev–Trinajstić information content (AvgIpc) is 2.62. The third-order valence-corrected chi connectivity index (χ3v) is 3.52. The minimum absolute atomic E-state index is 0.0570. The maximum atomic E-state index is 12.3. The molecule has 0 aliphatic carbocycles. The molecule has 0 fully saturated rings. The molecule has 6 nitrogen and oxygen atoms in total. The quantitative estimate of drug-likeness (QED) is 0.885. The van der Waals surface area contributed by atoms with Gasteiger partial charge >= 0.3 is 0 Å². The minimum Gasteiger partial charge on any atom is -0.350 e. The van der Waals surface area contributed by atoms with Crippen molar-refractivity contribution in [1.29, 1.82) is 5.26 Å². The fourth-order valence-corrected chi connectivity index (χ4v) is 1.93. The third-order valence-electron chi connectivity index (χ3n) is 3.52. The Hall–Kier alpha value is -3.20. The number of benzene rings is 1. The van der Waals surface area contributed by atoms with Crippen LogP contribution in [0.5, 0.6) is 0 Å². The van der Waals surface area contributed by atoms with E-state index in [2.05, 4.69) is 15.6 Å². The smallest absolute Gasteiger partial charge is 0.274 e. The maximum absolute atomic E-state index is 12.3. The SMILES string of the molecule is CCC(C)NC(=O)c1ccnc(C(=O)Nc2ccc(C#N)cc2)c1. The minimum atomic E-state index is -0.419. The Bertz CT molecular complexity index is 778. The number of amides is 2. The first kappa shape index (κ1) is 17.2. The lowest BCUT2D eigenvalue weighted by atomic mass is 10.1. The van der Waals surface area contributed by atoms with Crippen molar-refractivity contribution in [3.05, 3.63) is 59.4 Å². The number of rotatable bonds is 5. The highest BCUT2D eigenvalue weighted by atomic mass is 16.2. The Morgan fingerprint density at radius 3 is 2.54 bits per heavy atom. The van der Waals surface area contributed by atoms with Crippen LogP contribution in [0.15, 0.2) is 42.6 Å². The second-order valence-electron chi connectivity index (χ2n) is 5.36. The molecular weight excluding hydrogens is 304 g/mol. The standard InChI is InChI=1S/C18H18N4O2/c1-3-12(2)21-17(23)14-8-9-20-16(10-14)18(24)22-15-6-4-13(11-19)5-7-15/h4-10,12H,3H2,1-2H3,(H,21,23)(H,22,24). The second-order valence-corrected chi connectivity index (χ2v) is 5.36. The van der Waals surface area contributed by atoms with E-state index < -0.39 is 5.91 Å². The number of hydrogen-bond donors (Lipinski definition) is 2. The van der Waals surface area contributed by atoms with Crippen LogP contribution in [0.2, 0.25) is 0 Å². The molecule has 1 heterocycles. The highest BCUT2D eigenvalue weighted by Crippen LogP contribution is 2.11. The zero-order valence-corrected chi connectivity index (χ0v) is 13.5. The maximum Gasteiger partial charge on any atom is 0.274 e. The van der Waals surface area contributed by atoms with Crippen LogP contribution in [0.4, 0.5) is 5.69 Å². The van der Waals surface area contributed by atoms with E-state index >= 15 is 0 Å². The van der Waals surface area contributed by atoms with Gasteiger partial charge in [0.15, 0.2) is 0 Å². The monoisotopic (exact) mass is 322 g/mol. The van der Waals surface area contributed by atoms with Crippen LogP contribution >= 0.6 is 0 Å². The van der Waals surface area contributed by atoms with Crippen LogP contribution in [-0.4, -0.2) is 22.8 Å².